The Morgan fingerprint density at radius 1 is 1.35 bits per heavy atom. The fourth-order valence-electron chi connectivity index (χ4n) is 1.66. The van der Waals surface area contributed by atoms with Crippen molar-refractivity contribution in [1.82, 2.24) is 4.98 Å². The molecule has 0 aliphatic rings. The summed E-state index contributed by atoms with van der Waals surface area (Å²) in [7, 11) is 0. The number of thiophene rings is 1. The van der Waals surface area contributed by atoms with Crippen molar-refractivity contribution in [2.24, 2.45) is 0 Å². The number of nitrogens with zero attached hydrogens (tertiary/aromatic N) is 1. The number of halogens is 3. The molecule has 0 aliphatic carbocycles. The van der Waals surface area contributed by atoms with Gasteiger partial charge >= 0.3 is 0 Å². The van der Waals surface area contributed by atoms with E-state index in [1.54, 1.807) is 17.6 Å². The van der Waals surface area contributed by atoms with Gasteiger partial charge in [-0.1, -0.05) is 11.6 Å². The number of benzene rings is 1. The Morgan fingerprint density at radius 3 is 2.85 bits per heavy atom. The Balaban J connectivity index is 1.98. The molecular weight excluding hydrogens is 448 g/mol. The van der Waals surface area contributed by atoms with Gasteiger partial charge in [0, 0.05) is 4.47 Å². The van der Waals surface area contributed by atoms with E-state index in [4.69, 9.17) is 11.6 Å². The second-order valence-electron chi connectivity index (χ2n) is 3.81. The monoisotopic (exact) mass is 450 g/mol. The number of nitrogens with one attached hydrogen (secondary N) is 1. The van der Waals surface area contributed by atoms with E-state index in [9.17, 15) is 4.79 Å². The smallest absolute Gasteiger partial charge is 0.265 e. The highest BCUT2D eigenvalue weighted by atomic mass is 79.9. The van der Waals surface area contributed by atoms with E-state index in [0.717, 1.165) is 13.0 Å². The van der Waals surface area contributed by atoms with Crippen LogP contribution in [0.25, 0.3) is 10.2 Å². The molecule has 8 heteroatoms. The first-order valence-corrected chi connectivity index (χ1v) is 9.00. The first-order valence-electron chi connectivity index (χ1n) is 5.34. The van der Waals surface area contributed by atoms with Crippen molar-refractivity contribution >= 4 is 87.9 Å². The average Bonchev–Trinajstić information content (AvgIpc) is 3.00. The summed E-state index contributed by atoms with van der Waals surface area (Å²) in [5.74, 6) is -0.205. The lowest BCUT2D eigenvalue weighted by Gasteiger charge is -2.06. The number of aromatic nitrogens is 1. The van der Waals surface area contributed by atoms with Crippen molar-refractivity contribution in [3.63, 3.8) is 0 Å². The van der Waals surface area contributed by atoms with Crippen LogP contribution in [0.4, 0.5) is 5.69 Å². The molecule has 0 bridgehead atoms. The van der Waals surface area contributed by atoms with Gasteiger partial charge in [0.05, 0.1) is 29.6 Å². The predicted molar refractivity (Wildman–Crippen MR) is 92.3 cm³/mol. The number of carbonyl (C=O) groups is 1. The van der Waals surface area contributed by atoms with E-state index < -0.39 is 0 Å². The van der Waals surface area contributed by atoms with E-state index in [1.807, 2.05) is 6.07 Å². The third-order valence-electron chi connectivity index (χ3n) is 2.56. The molecule has 3 rings (SSSR count). The van der Waals surface area contributed by atoms with E-state index in [0.29, 0.717) is 21.1 Å². The van der Waals surface area contributed by atoms with Gasteiger partial charge in [0.15, 0.2) is 0 Å². The molecule has 0 spiro atoms. The van der Waals surface area contributed by atoms with Gasteiger partial charge < -0.3 is 5.32 Å². The van der Waals surface area contributed by atoms with Crippen molar-refractivity contribution in [2.75, 3.05) is 5.32 Å². The summed E-state index contributed by atoms with van der Waals surface area (Å²) in [6, 6.07) is 5.42. The summed E-state index contributed by atoms with van der Waals surface area (Å²) in [6.07, 6.45) is 0. The van der Waals surface area contributed by atoms with Gasteiger partial charge in [0.25, 0.3) is 5.91 Å². The van der Waals surface area contributed by atoms with Crippen molar-refractivity contribution in [1.29, 1.82) is 0 Å². The van der Waals surface area contributed by atoms with Crippen LogP contribution in [0.2, 0.25) is 5.02 Å². The number of rotatable bonds is 2. The number of carbonyl (C=O) groups excluding carboxylic acids is 1. The number of thiazole rings is 1. The third-order valence-corrected chi connectivity index (χ3v) is 6.92. The molecule has 102 valence electrons. The van der Waals surface area contributed by atoms with Crippen LogP contribution >= 0.6 is 66.1 Å². The molecule has 0 saturated carbocycles. The van der Waals surface area contributed by atoms with Gasteiger partial charge in [0.2, 0.25) is 0 Å². The summed E-state index contributed by atoms with van der Waals surface area (Å²) in [4.78, 5) is 17.1. The zero-order chi connectivity index (χ0) is 14.3. The lowest BCUT2D eigenvalue weighted by atomic mass is 10.2. The molecule has 0 unspecified atom stereocenters. The zero-order valence-electron chi connectivity index (χ0n) is 9.62. The van der Waals surface area contributed by atoms with Crippen molar-refractivity contribution < 1.29 is 4.79 Å². The molecule has 3 nitrogen and oxygen atoms in total. The minimum atomic E-state index is -0.205. The van der Waals surface area contributed by atoms with Crippen LogP contribution in [0.15, 0.2) is 32.0 Å². The SMILES string of the molecule is O=C(Nc1c(Cl)ccc2scnc12)c1cc(Br)c(Br)s1. The lowest BCUT2D eigenvalue weighted by Crippen LogP contribution is -2.10. The topological polar surface area (TPSA) is 42.0 Å². The van der Waals surface area contributed by atoms with E-state index in [1.165, 1.54) is 22.7 Å². The van der Waals surface area contributed by atoms with Gasteiger partial charge in [-0.05, 0) is 50.1 Å². The summed E-state index contributed by atoms with van der Waals surface area (Å²) in [5.41, 5.74) is 3.00. The maximum absolute atomic E-state index is 12.3. The summed E-state index contributed by atoms with van der Waals surface area (Å²) in [5, 5.41) is 3.32. The van der Waals surface area contributed by atoms with Crippen molar-refractivity contribution in [3.8, 4) is 0 Å². The van der Waals surface area contributed by atoms with Crippen LogP contribution in [-0.2, 0) is 0 Å². The maximum Gasteiger partial charge on any atom is 0.265 e. The summed E-state index contributed by atoms with van der Waals surface area (Å²) in [6.45, 7) is 0. The Bertz CT molecular complexity index is 796. The second kappa shape index (κ2) is 5.73. The first kappa shape index (κ1) is 14.5. The fourth-order valence-corrected chi connectivity index (χ4v) is 4.47. The largest absolute Gasteiger partial charge is 0.318 e. The standard InChI is InChI=1S/C12H5Br2ClN2OS2/c13-5-3-8(20-11(5)14)12(18)17-9-6(15)1-2-7-10(9)16-4-19-7/h1-4H,(H,17,18). The van der Waals surface area contributed by atoms with Gasteiger partial charge in [0.1, 0.15) is 5.52 Å². The average molecular weight is 453 g/mol. The molecule has 2 heterocycles. The Kier molecular flexibility index (Phi) is 4.14. The van der Waals surface area contributed by atoms with Crippen LogP contribution in [0, 0.1) is 0 Å². The van der Waals surface area contributed by atoms with Crippen LogP contribution in [0.3, 0.4) is 0 Å². The number of amides is 1. The highest BCUT2D eigenvalue weighted by molar-refractivity contribution is 9.13. The third kappa shape index (κ3) is 2.65. The summed E-state index contributed by atoms with van der Waals surface area (Å²) >= 11 is 15.8. The normalized spacial score (nSPS) is 10.9. The molecule has 3 aromatic rings. The van der Waals surface area contributed by atoms with Gasteiger partial charge in [-0.15, -0.1) is 22.7 Å². The highest BCUT2D eigenvalue weighted by Crippen LogP contribution is 2.35. The van der Waals surface area contributed by atoms with E-state index in [-0.39, 0.29) is 5.91 Å². The number of anilines is 1. The summed E-state index contributed by atoms with van der Waals surface area (Å²) < 4.78 is 2.71. The van der Waals surface area contributed by atoms with Crippen molar-refractivity contribution in [3.05, 3.63) is 41.9 Å². The van der Waals surface area contributed by atoms with E-state index in [2.05, 4.69) is 42.2 Å². The Hall–Kier alpha value is -0.470. The number of fused-ring (bicyclic) bond motifs is 1. The molecule has 1 aromatic carbocycles. The highest BCUT2D eigenvalue weighted by Gasteiger charge is 2.16. The first-order chi connectivity index (χ1) is 9.56. The quantitative estimate of drug-likeness (QED) is 0.535. The molecule has 20 heavy (non-hydrogen) atoms. The predicted octanol–water partition coefficient (Wildman–Crippen LogP) is 5.79. The Morgan fingerprint density at radius 2 is 2.15 bits per heavy atom. The van der Waals surface area contributed by atoms with Gasteiger partial charge in [-0.2, -0.15) is 0 Å². The Labute approximate surface area is 144 Å². The zero-order valence-corrected chi connectivity index (χ0v) is 15.2. The maximum atomic E-state index is 12.3. The molecule has 0 fully saturated rings. The van der Waals surface area contributed by atoms with Crippen LogP contribution in [0.1, 0.15) is 9.67 Å². The number of hydrogen-bond donors (Lipinski definition) is 1. The number of hydrogen-bond acceptors (Lipinski definition) is 4. The van der Waals surface area contributed by atoms with Gasteiger partial charge in [-0.3, -0.25) is 4.79 Å². The van der Waals surface area contributed by atoms with Crippen molar-refractivity contribution in [2.45, 2.75) is 0 Å². The van der Waals surface area contributed by atoms with Crippen LogP contribution in [0.5, 0.6) is 0 Å². The molecule has 1 N–H and O–H groups in total. The van der Waals surface area contributed by atoms with Crippen LogP contribution < -0.4 is 5.32 Å². The fraction of sp³-hybridized carbons (Fsp3) is 0. The minimum Gasteiger partial charge on any atom is -0.318 e. The van der Waals surface area contributed by atoms with Crippen LogP contribution in [-0.4, -0.2) is 10.9 Å². The molecular formula is C12H5Br2ClN2OS2. The lowest BCUT2D eigenvalue weighted by molar-refractivity contribution is 0.103. The molecule has 1 amide bonds. The molecule has 2 aromatic heterocycles. The molecule has 0 aliphatic heterocycles. The molecule has 0 atom stereocenters. The molecule has 0 radical (unpaired) electrons. The molecule has 0 saturated heterocycles. The van der Waals surface area contributed by atoms with Gasteiger partial charge in [-0.25, -0.2) is 4.98 Å². The van der Waals surface area contributed by atoms with E-state index >= 15 is 0 Å². The minimum absolute atomic E-state index is 0.205. The second-order valence-corrected chi connectivity index (χ2v) is 8.33.